The standard InChI is InChI=1S/C10H8N2O/c11-10-3-1-2-7-6-8(12-13)4-5-9(7)10/h1-6H,11H2. The van der Waals surface area contributed by atoms with E-state index in [2.05, 4.69) is 5.18 Å². The Balaban J connectivity index is 2.79. The maximum atomic E-state index is 10.3. The van der Waals surface area contributed by atoms with Crippen molar-refractivity contribution in [2.24, 2.45) is 5.18 Å². The molecule has 0 saturated heterocycles. The van der Waals surface area contributed by atoms with Crippen molar-refractivity contribution < 1.29 is 0 Å². The molecule has 0 saturated carbocycles. The molecule has 0 atom stereocenters. The van der Waals surface area contributed by atoms with Crippen LogP contribution in [0.5, 0.6) is 0 Å². The predicted octanol–water partition coefficient (Wildman–Crippen LogP) is 2.82. The normalized spacial score (nSPS) is 10.2. The molecule has 0 fully saturated rings. The second-order valence-corrected chi connectivity index (χ2v) is 2.84. The number of rotatable bonds is 1. The van der Waals surface area contributed by atoms with Gasteiger partial charge in [0, 0.05) is 11.1 Å². The SMILES string of the molecule is Nc1cccc2cc(N=O)ccc12. The van der Waals surface area contributed by atoms with Crippen LogP contribution in [0.3, 0.4) is 0 Å². The van der Waals surface area contributed by atoms with Crippen LogP contribution in [0.15, 0.2) is 41.6 Å². The third kappa shape index (κ3) is 1.24. The molecule has 0 aliphatic carbocycles. The lowest BCUT2D eigenvalue weighted by Crippen LogP contribution is -1.85. The van der Waals surface area contributed by atoms with E-state index < -0.39 is 0 Å². The van der Waals surface area contributed by atoms with Gasteiger partial charge in [0.15, 0.2) is 0 Å². The number of nitroso groups, excluding NO2 is 1. The van der Waals surface area contributed by atoms with Crippen LogP contribution in [0.2, 0.25) is 0 Å². The molecule has 2 aromatic carbocycles. The maximum absolute atomic E-state index is 10.3. The summed E-state index contributed by atoms with van der Waals surface area (Å²) in [4.78, 5) is 10.3. The Kier molecular flexibility index (Phi) is 1.70. The minimum Gasteiger partial charge on any atom is -0.398 e. The van der Waals surface area contributed by atoms with Gasteiger partial charge in [-0.25, -0.2) is 0 Å². The summed E-state index contributed by atoms with van der Waals surface area (Å²) in [5, 5.41) is 4.75. The molecule has 0 spiro atoms. The van der Waals surface area contributed by atoms with Crippen LogP contribution in [0.4, 0.5) is 11.4 Å². The number of anilines is 1. The predicted molar refractivity (Wildman–Crippen MR) is 53.8 cm³/mol. The highest BCUT2D eigenvalue weighted by Crippen LogP contribution is 2.24. The molecule has 0 aromatic heterocycles. The van der Waals surface area contributed by atoms with Gasteiger partial charge in [-0.05, 0) is 28.8 Å². The second kappa shape index (κ2) is 2.86. The van der Waals surface area contributed by atoms with Crippen LogP contribution < -0.4 is 5.73 Å². The Hall–Kier alpha value is -1.90. The van der Waals surface area contributed by atoms with E-state index in [1.165, 1.54) is 0 Å². The van der Waals surface area contributed by atoms with Gasteiger partial charge in [0.2, 0.25) is 0 Å². The summed E-state index contributed by atoms with van der Waals surface area (Å²) in [6, 6.07) is 10.8. The fourth-order valence-electron chi connectivity index (χ4n) is 1.35. The molecule has 0 amide bonds. The first-order valence-corrected chi connectivity index (χ1v) is 3.93. The first-order chi connectivity index (χ1) is 6.31. The Morgan fingerprint density at radius 3 is 2.77 bits per heavy atom. The van der Waals surface area contributed by atoms with Crippen LogP contribution >= 0.6 is 0 Å². The number of nitrogens with zero attached hydrogens (tertiary/aromatic N) is 1. The van der Waals surface area contributed by atoms with Gasteiger partial charge in [-0.2, -0.15) is 0 Å². The minimum atomic E-state index is 0.429. The largest absolute Gasteiger partial charge is 0.398 e. The van der Waals surface area contributed by atoms with E-state index in [1.807, 2.05) is 18.2 Å². The Morgan fingerprint density at radius 1 is 1.15 bits per heavy atom. The van der Waals surface area contributed by atoms with Gasteiger partial charge in [0.1, 0.15) is 5.69 Å². The molecule has 0 heterocycles. The number of hydrogen-bond acceptors (Lipinski definition) is 3. The van der Waals surface area contributed by atoms with Crippen molar-refractivity contribution in [1.82, 2.24) is 0 Å². The Bertz CT molecular complexity index is 465. The molecule has 0 aliphatic rings. The number of nitrogens with two attached hydrogens (primary N) is 1. The van der Waals surface area contributed by atoms with Crippen LogP contribution in [0, 0.1) is 4.91 Å². The van der Waals surface area contributed by atoms with E-state index in [0.717, 1.165) is 16.5 Å². The molecular formula is C10H8N2O. The van der Waals surface area contributed by atoms with E-state index in [0.29, 0.717) is 5.69 Å². The minimum absolute atomic E-state index is 0.429. The lowest BCUT2D eigenvalue weighted by Gasteiger charge is -2.00. The van der Waals surface area contributed by atoms with Gasteiger partial charge >= 0.3 is 0 Å². The number of nitrogen functional groups attached to an aromatic ring is 1. The van der Waals surface area contributed by atoms with E-state index in [-0.39, 0.29) is 0 Å². The van der Waals surface area contributed by atoms with Gasteiger partial charge in [-0.3, -0.25) is 0 Å². The molecule has 0 unspecified atom stereocenters. The molecule has 0 aliphatic heterocycles. The highest BCUT2D eigenvalue weighted by atomic mass is 16.3. The third-order valence-electron chi connectivity index (χ3n) is 2.00. The summed E-state index contributed by atoms with van der Waals surface area (Å²) in [5.74, 6) is 0. The summed E-state index contributed by atoms with van der Waals surface area (Å²) in [7, 11) is 0. The van der Waals surface area contributed by atoms with E-state index >= 15 is 0 Å². The fraction of sp³-hybridized carbons (Fsp3) is 0. The smallest absolute Gasteiger partial charge is 0.108 e. The van der Waals surface area contributed by atoms with Gasteiger partial charge in [0.25, 0.3) is 0 Å². The van der Waals surface area contributed by atoms with Crippen molar-refractivity contribution in [3.63, 3.8) is 0 Å². The lowest BCUT2D eigenvalue weighted by atomic mass is 10.1. The Morgan fingerprint density at radius 2 is 2.00 bits per heavy atom. The quantitative estimate of drug-likeness (QED) is 0.531. The lowest BCUT2D eigenvalue weighted by molar-refractivity contribution is 1.52. The topological polar surface area (TPSA) is 55.4 Å². The molecule has 13 heavy (non-hydrogen) atoms. The average Bonchev–Trinajstić information content (AvgIpc) is 2.18. The Labute approximate surface area is 75.1 Å². The van der Waals surface area contributed by atoms with Crippen molar-refractivity contribution in [3.8, 4) is 0 Å². The van der Waals surface area contributed by atoms with Gasteiger partial charge in [-0.15, -0.1) is 4.91 Å². The molecule has 3 heteroatoms. The van der Waals surface area contributed by atoms with Gasteiger partial charge in [-0.1, -0.05) is 18.2 Å². The third-order valence-corrected chi connectivity index (χ3v) is 2.00. The average molecular weight is 172 g/mol. The second-order valence-electron chi connectivity index (χ2n) is 2.84. The fourth-order valence-corrected chi connectivity index (χ4v) is 1.35. The molecule has 3 nitrogen and oxygen atoms in total. The maximum Gasteiger partial charge on any atom is 0.108 e. The zero-order valence-corrected chi connectivity index (χ0v) is 6.90. The van der Waals surface area contributed by atoms with Crippen molar-refractivity contribution in [1.29, 1.82) is 0 Å². The monoisotopic (exact) mass is 172 g/mol. The zero-order chi connectivity index (χ0) is 9.26. The van der Waals surface area contributed by atoms with E-state index in [4.69, 9.17) is 5.73 Å². The molecular weight excluding hydrogens is 164 g/mol. The number of benzene rings is 2. The van der Waals surface area contributed by atoms with E-state index in [9.17, 15) is 4.91 Å². The van der Waals surface area contributed by atoms with Crippen molar-refractivity contribution in [2.45, 2.75) is 0 Å². The number of hydrogen-bond donors (Lipinski definition) is 1. The summed E-state index contributed by atoms with van der Waals surface area (Å²) in [6.07, 6.45) is 0. The summed E-state index contributed by atoms with van der Waals surface area (Å²) < 4.78 is 0. The van der Waals surface area contributed by atoms with Crippen molar-refractivity contribution >= 4 is 22.1 Å². The molecule has 64 valence electrons. The van der Waals surface area contributed by atoms with Crippen molar-refractivity contribution in [2.75, 3.05) is 5.73 Å². The van der Waals surface area contributed by atoms with Crippen LogP contribution in [-0.2, 0) is 0 Å². The van der Waals surface area contributed by atoms with Gasteiger partial charge in [0.05, 0.1) is 0 Å². The summed E-state index contributed by atoms with van der Waals surface area (Å²) >= 11 is 0. The highest BCUT2D eigenvalue weighted by molar-refractivity contribution is 5.94. The summed E-state index contributed by atoms with van der Waals surface area (Å²) in [6.45, 7) is 0. The number of fused-ring (bicyclic) bond motifs is 1. The zero-order valence-electron chi connectivity index (χ0n) is 6.90. The first-order valence-electron chi connectivity index (χ1n) is 3.93. The van der Waals surface area contributed by atoms with Crippen LogP contribution in [0.1, 0.15) is 0 Å². The van der Waals surface area contributed by atoms with E-state index in [1.54, 1.807) is 18.2 Å². The van der Waals surface area contributed by atoms with Crippen LogP contribution in [0.25, 0.3) is 10.8 Å². The molecule has 0 radical (unpaired) electrons. The highest BCUT2D eigenvalue weighted by Gasteiger charge is 1.98. The van der Waals surface area contributed by atoms with Crippen molar-refractivity contribution in [3.05, 3.63) is 41.3 Å². The first kappa shape index (κ1) is 7.73. The molecule has 2 aromatic rings. The summed E-state index contributed by atoms with van der Waals surface area (Å²) in [5.41, 5.74) is 6.89. The van der Waals surface area contributed by atoms with Crippen LogP contribution in [-0.4, -0.2) is 0 Å². The molecule has 2 N–H and O–H groups in total. The molecule has 0 bridgehead atoms. The molecule has 2 rings (SSSR count). The van der Waals surface area contributed by atoms with Gasteiger partial charge < -0.3 is 5.73 Å².